The molecule has 2 unspecified atom stereocenters. The third-order valence-electron chi connectivity index (χ3n) is 4.67. The third-order valence-corrected chi connectivity index (χ3v) is 4.67. The number of piperidine rings is 1. The van der Waals surface area contributed by atoms with Gasteiger partial charge in [0.05, 0.1) is 5.60 Å². The van der Waals surface area contributed by atoms with Gasteiger partial charge in [-0.25, -0.2) is 9.67 Å². The molecule has 0 aromatic carbocycles. The minimum Gasteiger partial charge on any atom is -0.388 e. The first-order chi connectivity index (χ1) is 9.10. The van der Waals surface area contributed by atoms with Gasteiger partial charge < -0.3 is 5.11 Å². The summed E-state index contributed by atoms with van der Waals surface area (Å²) in [7, 11) is 0. The van der Waals surface area contributed by atoms with Crippen LogP contribution in [0.15, 0.2) is 6.33 Å². The fourth-order valence-corrected chi connectivity index (χ4v) is 3.68. The molecule has 2 atom stereocenters. The van der Waals surface area contributed by atoms with Crippen LogP contribution in [0.1, 0.15) is 51.4 Å². The Balaban J connectivity index is 1.80. The maximum atomic E-state index is 11.0. The number of fused-ring (bicyclic) bond motifs is 1. The molecular formula is C14H24N4O. The van der Waals surface area contributed by atoms with Crippen molar-refractivity contribution in [1.82, 2.24) is 19.7 Å². The highest BCUT2D eigenvalue weighted by atomic mass is 16.3. The first-order valence-electron chi connectivity index (χ1n) is 7.45. The largest absolute Gasteiger partial charge is 0.388 e. The summed E-state index contributed by atoms with van der Waals surface area (Å²) >= 11 is 0. The van der Waals surface area contributed by atoms with Crippen LogP contribution in [0.25, 0.3) is 0 Å². The number of hydrogen-bond acceptors (Lipinski definition) is 4. The van der Waals surface area contributed by atoms with Crippen molar-refractivity contribution in [3.8, 4) is 0 Å². The topological polar surface area (TPSA) is 54.2 Å². The molecule has 1 aromatic rings. The highest BCUT2D eigenvalue weighted by Gasteiger charge is 2.47. The molecular weight excluding hydrogens is 240 g/mol. The van der Waals surface area contributed by atoms with Gasteiger partial charge in [0.1, 0.15) is 12.2 Å². The Kier molecular flexibility index (Phi) is 3.35. The van der Waals surface area contributed by atoms with E-state index < -0.39 is 5.60 Å². The van der Waals surface area contributed by atoms with Crippen molar-refractivity contribution in [2.45, 2.75) is 63.6 Å². The van der Waals surface area contributed by atoms with Gasteiger partial charge in [-0.15, -0.1) is 0 Å². The van der Waals surface area contributed by atoms with Crippen LogP contribution in [-0.2, 0) is 6.42 Å². The molecule has 5 nitrogen and oxygen atoms in total. The van der Waals surface area contributed by atoms with E-state index in [1.165, 1.54) is 12.8 Å². The molecule has 106 valence electrons. The summed E-state index contributed by atoms with van der Waals surface area (Å²) < 4.78 is 1.93. The molecule has 3 rings (SSSR count). The number of rotatable bonds is 3. The Hall–Kier alpha value is -0.940. The third kappa shape index (κ3) is 2.30. The van der Waals surface area contributed by atoms with Gasteiger partial charge in [-0.2, -0.15) is 5.10 Å². The van der Waals surface area contributed by atoms with Crippen LogP contribution in [-0.4, -0.2) is 49.5 Å². The Bertz CT molecular complexity index is 444. The van der Waals surface area contributed by atoms with Crippen LogP contribution in [0.2, 0.25) is 0 Å². The Labute approximate surface area is 114 Å². The van der Waals surface area contributed by atoms with Crippen molar-refractivity contribution < 1.29 is 5.11 Å². The molecule has 3 heterocycles. The summed E-state index contributed by atoms with van der Waals surface area (Å²) in [6.45, 7) is 6.37. The molecule has 0 radical (unpaired) electrons. The van der Waals surface area contributed by atoms with Gasteiger partial charge in [-0.1, -0.05) is 6.42 Å². The summed E-state index contributed by atoms with van der Waals surface area (Å²) in [5, 5.41) is 15.3. The zero-order valence-electron chi connectivity index (χ0n) is 11.9. The zero-order chi connectivity index (χ0) is 13.5. The lowest BCUT2D eigenvalue weighted by Gasteiger charge is -2.37. The monoisotopic (exact) mass is 264 g/mol. The first-order valence-corrected chi connectivity index (χ1v) is 7.45. The van der Waals surface area contributed by atoms with Gasteiger partial charge in [0.25, 0.3) is 0 Å². The zero-order valence-corrected chi connectivity index (χ0v) is 11.9. The van der Waals surface area contributed by atoms with Crippen molar-refractivity contribution in [1.29, 1.82) is 0 Å². The smallest absolute Gasteiger partial charge is 0.138 e. The molecule has 1 aromatic heterocycles. The van der Waals surface area contributed by atoms with Crippen molar-refractivity contribution in [3.63, 3.8) is 0 Å². The van der Waals surface area contributed by atoms with Gasteiger partial charge in [0, 0.05) is 25.0 Å². The van der Waals surface area contributed by atoms with Crippen LogP contribution in [0.5, 0.6) is 0 Å². The molecule has 0 aliphatic carbocycles. The van der Waals surface area contributed by atoms with E-state index in [-0.39, 0.29) is 0 Å². The molecule has 2 fully saturated rings. The lowest BCUT2D eigenvalue weighted by Crippen LogP contribution is -2.48. The average molecular weight is 264 g/mol. The molecule has 2 aliphatic rings. The van der Waals surface area contributed by atoms with E-state index >= 15 is 0 Å². The van der Waals surface area contributed by atoms with Crippen LogP contribution >= 0.6 is 0 Å². The van der Waals surface area contributed by atoms with Gasteiger partial charge in [-0.3, -0.25) is 4.90 Å². The lowest BCUT2D eigenvalue weighted by atomic mass is 9.86. The summed E-state index contributed by atoms with van der Waals surface area (Å²) in [4.78, 5) is 6.82. The van der Waals surface area contributed by atoms with Crippen LogP contribution in [0.4, 0.5) is 0 Å². The number of hydrogen-bond donors (Lipinski definition) is 1. The fraction of sp³-hybridized carbons (Fsp3) is 0.857. The van der Waals surface area contributed by atoms with Gasteiger partial charge in [0.2, 0.25) is 0 Å². The summed E-state index contributed by atoms with van der Waals surface area (Å²) in [6.07, 6.45) is 6.72. The molecule has 2 aliphatic heterocycles. The van der Waals surface area contributed by atoms with Crippen LogP contribution in [0.3, 0.4) is 0 Å². The second-order valence-electron chi connectivity index (χ2n) is 6.29. The Morgan fingerprint density at radius 2 is 2.26 bits per heavy atom. The lowest BCUT2D eigenvalue weighted by molar-refractivity contribution is -0.0112. The molecule has 0 bridgehead atoms. The van der Waals surface area contributed by atoms with Crippen molar-refractivity contribution in [2.24, 2.45) is 0 Å². The van der Waals surface area contributed by atoms with E-state index in [0.717, 1.165) is 31.8 Å². The van der Waals surface area contributed by atoms with Crippen LogP contribution < -0.4 is 0 Å². The average Bonchev–Trinajstić information content (AvgIpc) is 2.96. The van der Waals surface area contributed by atoms with Crippen LogP contribution in [0, 0.1) is 0 Å². The maximum absolute atomic E-state index is 11.0. The molecule has 5 heteroatoms. The second-order valence-corrected chi connectivity index (χ2v) is 6.29. The van der Waals surface area contributed by atoms with E-state index in [1.54, 1.807) is 6.33 Å². The Morgan fingerprint density at radius 1 is 1.42 bits per heavy atom. The minimum absolute atomic E-state index is 0.296. The molecule has 2 saturated heterocycles. The number of aromatic nitrogens is 3. The predicted molar refractivity (Wildman–Crippen MR) is 72.9 cm³/mol. The molecule has 1 N–H and O–H groups in total. The predicted octanol–water partition coefficient (Wildman–Crippen LogP) is 1.39. The number of nitrogens with zero attached hydrogens (tertiary/aromatic N) is 4. The van der Waals surface area contributed by atoms with Gasteiger partial charge in [0.15, 0.2) is 0 Å². The van der Waals surface area contributed by atoms with E-state index in [2.05, 4.69) is 28.8 Å². The highest BCUT2D eigenvalue weighted by Crippen LogP contribution is 2.37. The standard InChI is InChI=1S/C14H24N4O/c1-11(2)18-13(15-10-16-18)9-14(19)6-8-17-7-4-3-5-12(14)17/h10-12,19H,3-9H2,1-2H3. The van der Waals surface area contributed by atoms with E-state index in [1.807, 2.05) is 4.68 Å². The van der Waals surface area contributed by atoms with E-state index in [0.29, 0.717) is 18.5 Å². The summed E-state index contributed by atoms with van der Waals surface area (Å²) in [6, 6.07) is 0.614. The SMILES string of the molecule is CC(C)n1ncnc1CC1(O)CCN2CCCCC21. The maximum Gasteiger partial charge on any atom is 0.138 e. The second kappa shape index (κ2) is 4.87. The summed E-state index contributed by atoms with van der Waals surface area (Å²) in [5.74, 6) is 0.921. The van der Waals surface area contributed by atoms with Gasteiger partial charge >= 0.3 is 0 Å². The van der Waals surface area contributed by atoms with Crippen molar-refractivity contribution >= 4 is 0 Å². The molecule has 0 amide bonds. The van der Waals surface area contributed by atoms with Crippen molar-refractivity contribution in [3.05, 3.63) is 12.2 Å². The van der Waals surface area contributed by atoms with E-state index in [9.17, 15) is 5.11 Å². The first kappa shape index (κ1) is 13.1. The van der Waals surface area contributed by atoms with Crippen molar-refractivity contribution in [2.75, 3.05) is 13.1 Å². The molecule has 0 saturated carbocycles. The van der Waals surface area contributed by atoms with E-state index in [4.69, 9.17) is 0 Å². The van der Waals surface area contributed by atoms with Gasteiger partial charge in [-0.05, 0) is 39.7 Å². The number of aliphatic hydroxyl groups is 1. The summed E-state index contributed by atoms with van der Waals surface area (Å²) in [5.41, 5.74) is -0.611. The Morgan fingerprint density at radius 3 is 3.05 bits per heavy atom. The highest BCUT2D eigenvalue weighted by molar-refractivity contribution is 5.07. The minimum atomic E-state index is -0.611. The fourth-order valence-electron chi connectivity index (χ4n) is 3.68. The molecule has 0 spiro atoms. The molecule has 19 heavy (non-hydrogen) atoms. The quantitative estimate of drug-likeness (QED) is 0.896. The normalized spacial score (nSPS) is 31.9.